The molecule has 120 valence electrons. The molecule has 1 unspecified atom stereocenters. The van der Waals surface area contributed by atoms with Crippen molar-refractivity contribution < 1.29 is 14.3 Å². The van der Waals surface area contributed by atoms with Crippen LogP contribution in [-0.2, 0) is 4.74 Å². The van der Waals surface area contributed by atoms with Gasteiger partial charge in [-0.2, -0.15) is 0 Å². The van der Waals surface area contributed by atoms with Crippen LogP contribution in [0, 0.1) is 6.92 Å². The van der Waals surface area contributed by atoms with Gasteiger partial charge in [0.05, 0.1) is 18.8 Å². The Morgan fingerprint density at radius 3 is 2.83 bits per heavy atom. The van der Waals surface area contributed by atoms with Crippen LogP contribution in [0.1, 0.15) is 22.3 Å². The van der Waals surface area contributed by atoms with Gasteiger partial charge in [-0.05, 0) is 25.1 Å². The molecule has 6 heteroatoms. The standard InChI is InChI=1S/C17H17ClN2O3/c1-11-2-4-13(5-3-11)20-16(21)12-8-15(18)17(19-9-12)23-14-6-7-22-10-14/h2-5,8-9,14H,6-7,10H2,1H3,(H,20,21). The van der Waals surface area contributed by atoms with Gasteiger partial charge in [0.15, 0.2) is 0 Å². The predicted molar refractivity (Wildman–Crippen MR) is 88.2 cm³/mol. The zero-order valence-electron chi connectivity index (χ0n) is 12.7. The molecule has 1 aliphatic heterocycles. The number of aryl methyl sites for hydroxylation is 1. The molecular formula is C17H17ClN2O3. The fourth-order valence-corrected chi connectivity index (χ4v) is 2.45. The minimum absolute atomic E-state index is 0.0350. The first-order valence-corrected chi connectivity index (χ1v) is 7.77. The molecule has 1 atom stereocenters. The van der Waals surface area contributed by atoms with Crippen molar-refractivity contribution in [3.8, 4) is 5.88 Å². The van der Waals surface area contributed by atoms with Crippen LogP contribution >= 0.6 is 11.6 Å². The maximum atomic E-state index is 12.2. The lowest BCUT2D eigenvalue weighted by atomic mass is 10.2. The van der Waals surface area contributed by atoms with Crippen LogP contribution in [0.2, 0.25) is 5.02 Å². The van der Waals surface area contributed by atoms with E-state index < -0.39 is 0 Å². The normalized spacial score (nSPS) is 17.0. The van der Waals surface area contributed by atoms with E-state index in [0.29, 0.717) is 29.7 Å². The van der Waals surface area contributed by atoms with E-state index in [1.54, 1.807) is 6.07 Å². The molecule has 5 nitrogen and oxygen atoms in total. The average Bonchev–Trinajstić information content (AvgIpc) is 3.04. The highest BCUT2D eigenvalue weighted by Gasteiger charge is 2.20. The van der Waals surface area contributed by atoms with E-state index in [-0.39, 0.29) is 12.0 Å². The summed E-state index contributed by atoms with van der Waals surface area (Å²) in [4.78, 5) is 16.4. The maximum absolute atomic E-state index is 12.2. The van der Waals surface area contributed by atoms with Gasteiger partial charge >= 0.3 is 0 Å². The van der Waals surface area contributed by atoms with Crippen LogP contribution in [0.4, 0.5) is 5.69 Å². The smallest absolute Gasteiger partial charge is 0.257 e. The van der Waals surface area contributed by atoms with Crippen molar-refractivity contribution in [2.75, 3.05) is 18.5 Å². The van der Waals surface area contributed by atoms with E-state index in [1.807, 2.05) is 31.2 Å². The van der Waals surface area contributed by atoms with Crippen molar-refractivity contribution in [2.45, 2.75) is 19.4 Å². The van der Waals surface area contributed by atoms with Gasteiger partial charge in [-0.15, -0.1) is 0 Å². The molecule has 1 aliphatic rings. The van der Waals surface area contributed by atoms with Crippen LogP contribution in [0.5, 0.6) is 5.88 Å². The Bertz CT molecular complexity index is 697. The molecule has 1 aromatic heterocycles. The lowest BCUT2D eigenvalue weighted by molar-refractivity contribution is 0.102. The molecule has 0 radical (unpaired) electrons. The first kappa shape index (κ1) is 15.8. The Hall–Kier alpha value is -2.11. The number of aromatic nitrogens is 1. The number of hydrogen-bond acceptors (Lipinski definition) is 4. The fourth-order valence-electron chi connectivity index (χ4n) is 2.24. The van der Waals surface area contributed by atoms with Crippen molar-refractivity contribution in [2.24, 2.45) is 0 Å². The summed E-state index contributed by atoms with van der Waals surface area (Å²) in [5.41, 5.74) is 2.23. The van der Waals surface area contributed by atoms with Crippen LogP contribution in [0.3, 0.4) is 0 Å². The lowest BCUT2D eigenvalue weighted by Gasteiger charge is -2.12. The highest BCUT2D eigenvalue weighted by molar-refractivity contribution is 6.32. The van der Waals surface area contributed by atoms with E-state index in [1.165, 1.54) is 6.20 Å². The van der Waals surface area contributed by atoms with Crippen LogP contribution in [0.15, 0.2) is 36.5 Å². The summed E-state index contributed by atoms with van der Waals surface area (Å²) in [6.45, 7) is 3.20. The molecule has 1 amide bonds. The summed E-state index contributed by atoms with van der Waals surface area (Å²) >= 11 is 6.17. The lowest BCUT2D eigenvalue weighted by Crippen LogP contribution is -2.17. The third kappa shape index (κ3) is 4.00. The quantitative estimate of drug-likeness (QED) is 0.931. The third-order valence-electron chi connectivity index (χ3n) is 3.55. The van der Waals surface area contributed by atoms with E-state index in [0.717, 1.165) is 17.7 Å². The molecule has 0 bridgehead atoms. The summed E-state index contributed by atoms with van der Waals surface area (Å²) in [5.74, 6) is 0.0630. The molecule has 1 aromatic carbocycles. The SMILES string of the molecule is Cc1ccc(NC(=O)c2cnc(OC3CCOC3)c(Cl)c2)cc1. The summed E-state index contributed by atoms with van der Waals surface area (Å²) in [6, 6.07) is 9.12. The van der Waals surface area contributed by atoms with Gasteiger partial charge in [0.2, 0.25) is 5.88 Å². The van der Waals surface area contributed by atoms with Crippen molar-refractivity contribution in [1.29, 1.82) is 0 Å². The minimum Gasteiger partial charge on any atom is -0.471 e. The highest BCUT2D eigenvalue weighted by Crippen LogP contribution is 2.25. The molecule has 0 aliphatic carbocycles. The number of benzene rings is 1. The number of rotatable bonds is 4. The van der Waals surface area contributed by atoms with Crippen LogP contribution in [0.25, 0.3) is 0 Å². The zero-order chi connectivity index (χ0) is 16.2. The Kier molecular flexibility index (Phi) is 4.79. The van der Waals surface area contributed by atoms with E-state index in [9.17, 15) is 4.79 Å². The number of halogens is 1. The Balaban J connectivity index is 1.68. The molecule has 2 aromatic rings. The number of nitrogens with zero attached hydrogens (tertiary/aromatic N) is 1. The molecule has 23 heavy (non-hydrogen) atoms. The summed E-state index contributed by atoms with van der Waals surface area (Å²) in [7, 11) is 0. The van der Waals surface area contributed by atoms with Crippen molar-refractivity contribution in [3.63, 3.8) is 0 Å². The Morgan fingerprint density at radius 2 is 2.17 bits per heavy atom. The molecule has 2 heterocycles. The van der Waals surface area contributed by atoms with Gasteiger partial charge in [0.25, 0.3) is 5.91 Å². The van der Waals surface area contributed by atoms with Gasteiger partial charge in [-0.1, -0.05) is 29.3 Å². The molecule has 1 saturated heterocycles. The Labute approximate surface area is 139 Å². The maximum Gasteiger partial charge on any atom is 0.257 e. The van der Waals surface area contributed by atoms with Crippen molar-refractivity contribution in [3.05, 3.63) is 52.7 Å². The molecular weight excluding hydrogens is 316 g/mol. The molecule has 0 spiro atoms. The number of anilines is 1. The number of ether oxygens (including phenoxy) is 2. The first-order chi connectivity index (χ1) is 11.1. The summed E-state index contributed by atoms with van der Waals surface area (Å²) < 4.78 is 10.9. The predicted octanol–water partition coefficient (Wildman–Crippen LogP) is 3.46. The van der Waals surface area contributed by atoms with E-state index in [2.05, 4.69) is 10.3 Å². The molecule has 0 saturated carbocycles. The number of hydrogen-bond donors (Lipinski definition) is 1. The second-order valence-corrected chi connectivity index (χ2v) is 5.84. The zero-order valence-corrected chi connectivity index (χ0v) is 13.5. The minimum atomic E-state index is -0.265. The monoisotopic (exact) mass is 332 g/mol. The largest absolute Gasteiger partial charge is 0.471 e. The van der Waals surface area contributed by atoms with Gasteiger partial charge in [-0.25, -0.2) is 4.98 Å². The van der Waals surface area contributed by atoms with Crippen molar-refractivity contribution >= 4 is 23.2 Å². The van der Waals surface area contributed by atoms with Gasteiger partial charge < -0.3 is 14.8 Å². The topological polar surface area (TPSA) is 60.5 Å². The second-order valence-electron chi connectivity index (χ2n) is 5.43. The summed E-state index contributed by atoms with van der Waals surface area (Å²) in [6.07, 6.45) is 2.24. The number of carbonyl (C=O) groups excluding carboxylic acids is 1. The molecule has 1 N–H and O–H groups in total. The molecule has 1 fully saturated rings. The van der Waals surface area contributed by atoms with E-state index in [4.69, 9.17) is 21.1 Å². The third-order valence-corrected chi connectivity index (χ3v) is 3.82. The second kappa shape index (κ2) is 6.98. The van der Waals surface area contributed by atoms with Gasteiger partial charge in [0.1, 0.15) is 11.1 Å². The van der Waals surface area contributed by atoms with Gasteiger partial charge in [-0.3, -0.25) is 4.79 Å². The van der Waals surface area contributed by atoms with Crippen molar-refractivity contribution in [1.82, 2.24) is 4.98 Å². The van der Waals surface area contributed by atoms with Gasteiger partial charge in [0, 0.05) is 18.3 Å². The summed E-state index contributed by atoms with van der Waals surface area (Å²) in [5, 5.41) is 3.12. The fraction of sp³-hybridized carbons (Fsp3) is 0.294. The average molecular weight is 333 g/mol. The Morgan fingerprint density at radius 1 is 1.39 bits per heavy atom. The van der Waals surface area contributed by atoms with E-state index >= 15 is 0 Å². The molecule has 3 rings (SSSR count). The van der Waals surface area contributed by atoms with Crippen LogP contribution in [-0.4, -0.2) is 30.2 Å². The first-order valence-electron chi connectivity index (χ1n) is 7.40. The highest BCUT2D eigenvalue weighted by atomic mass is 35.5. The number of amides is 1. The number of nitrogens with one attached hydrogen (secondary N) is 1. The number of pyridine rings is 1. The number of carbonyl (C=O) groups is 1. The van der Waals surface area contributed by atoms with Crippen LogP contribution < -0.4 is 10.1 Å².